The molecular weight excluding hydrogens is 458 g/mol. The van der Waals surface area contributed by atoms with E-state index in [-0.39, 0.29) is 17.5 Å². The molecule has 0 amide bonds. The molecule has 1 aliphatic heterocycles. The SMILES string of the molecule is CC(=O)C1=C(C)N(Cn2c(-c3ccccc3)nc3ccccc32)C(C)=C(C(C)=O)C1c1ccc(C)cc1. The largest absolute Gasteiger partial charge is 0.330 e. The van der Waals surface area contributed by atoms with Gasteiger partial charge < -0.3 is 9.47 Å². The summed E-state index contributed by atoms with van der Waals surface area (Å²) >= 11 is 0. The van der Waals surface area contributed by atoms with E-state index in [1.54, 1.807) is 13.8 Å². The summed E-state index contributed by atoms with van der Waals surface area (Å²) in [5.74, 6) is 0.396. The monoisotopic (exact) mass is 489 g/mol. The Labute approximate surface area is 217 Å². The van der Waals surface area contributed by atoms with Gasteiger partial charge in [-0.2, -0.15) is 0 Å². The minimum atomic E-state index is -0.389. The first-order chi connectivity index (χ1) is 17.8. The molecule has 0 fully saturated rings. The zero-order valence-electron chi connectivity index (χ0n) is 21.9. The van der Waals surface area contributed by atoms with Crippen molar-refractivity contribution in [3.8, 4) is 11.4 Å². The van der Waals surface area contributed by atoms with E-state index in [9.17, 15) is 9.59 Å². The summed E-state index contributed by atoms with van der Waals surface area (Å²) in [7, 11) is 0. The Hall–Kier alpha value is -4.25. The Balaban J connectivity index is 1.71. The molecule has 1 aromatic heterocycles. The fourth-order valence-corrected chi connectivity index (χ4v) is 5.49. The summed E-state index contributed by atoms with van der Waals surface area (Å²) in [6.45, 7) is 9.62. The van der Waals surface area contributed by atoms with Crippen LogP contribution < -0.4 is 0 Å². The van der Waals surface area contributed by atoms with Gasteiger partial charge in [0.1, 0.15) is 12.5 Å². The number of carbonyl (C=O) groups is 2. The van der Waals surface area contributed by atoms with E-state index in [2.05, 4.69) is 27.7 Å². The fourth-order valence-electron chi connectivity index (χ4n) is 5.49. The minimum Gasteiger partial charge on any atom is -0.330 e. The van der Waals surface area contributed by atoms with E-state index in [0.717, 1.165) is 44.9 Å². The van der Waals surface area contributed by atoms with Gasteiger partial charge in [-0.25, -0.2) is 4.98 Å². The number of benzene rings is 3. The van der Waals surface area contributed by atoms with Crippen molar-refractivity contribution in [3.05, 3.63) is 113 Å². The van der Waals surface area contributed by atoms with Crippen molar-refractivity contribution in [2.24, 2.45) is 0 Å². The van der Waals surface area contributed by atoms with Gasteiger partial charge in [-0.05, 0) is 52.3 Å². The zero-order valence-corrected chi connectivity index (χ0v) is 21.9. The van der Waals surface area contributed by atoms with Crippen molar-refractivity contribution < 1.29 is 9.59 Å². The molecule has 5 heteroatoms. The molecule has 0 saturated carbocycles. The van der Waals surface area contributed by atoms with Gasteiger partial charge in [0.15, 0.2) is 11.6 Å². The van der Waals surface area contributed by atoms with Gasteiger partial charge in [0.25, 0.3) is 0 Å². The summed E-state index contributed by atoms with van der Waals surface area (Å²) in [4.78, 5) is 33.3. The molecule has 37 heavy (non-hydrogen) atoms. The maximum absolute atomic E-state index is 13.1. The number of nitrogens with zero attached hydrogens (tertiary/aromatic N) is 3. The van der Waals surface area contributed by atoms with Crippen molar-refractivity contribution in [2.45, 2.75) is 47.2 Å². The predicted molar refractivity (Wildman–Crippen MR) is 148 cm³/mol. The highest BCUT2D eigenvalue weighted by atomic mass is 16.1. The van der Waals surface area contributed by atoms with E-state index >= 15 is 0 Å². The molecule has 4 aromatic rings. The van der Waals surface area contributed by atoms with Gasteiger partial charge >= 0.3 is 0 Å². The molecule has 0 atom stereocenters. The number of hydrogen-bond acceptors (Lipinski definition) is 4. The minimum absolute atomic E-state index is 0.0295. The number of hydrogen-bond donors (Lipinski definition) is 0. The highest BCUT2D eigenvalue weighted by molar-refractivity contribution is 6.03. The van der Waals surface area contributed by atoms with E-state index in [1.807, 2.05) is 81.4 Å². The smallest absolute Gasteiger partial charge is 0.158 e. The van der Waals surface area contributed by atoms with E-state index < -0.39 is 0 Å². The van der Waals surface area contributed by atoms with Crippen LogP contribution in [0.15, 0.2) is 101 Å². The van der Waals surface area contributed by atoms with Crippen LogP contribution in [-0.4, -0.2) is 26.0 Å². The Bertz CT molecular complexity index is 1540. The number of para-hydroxylation sites is 2. The number of Topliss-reactive ketones (excluding diaryl/α,β-unsaturated/α-hetero) is 2. The van der Waals surface area contributed by atoms with E-state index in [4.69, 9.17) is 4.98 Å². The van der Waals surface area contributed by atoms with Crippen LogP contribution in [-0.2, 0) is 16.3 Å². The van der Waals surface area contributed by atoms with Crippen LogP contribution in [0.1, 0.15) is 44.7 Å². The highest BCUT2D eigenvalue weighted by Gasteiger charge is 2.37. The molecule has 0 bridgehead atoms. The lowest BCUT2D eigenvalue weighted by Crippen LogP contribution is -2.34. The van der Waals surface area contributed by atoms with Crippen LogP contribution in [0.4, 0.5) is 0 Å². The summed E-state index contributed by atoms with van der Waals surface area (Å²) in [5.41, 5.74) is 8.03. The van der Waals surface area contributed by atoms with Gasteiger partial charge in [-0.3, -0.25) is 9.59 Å². The second kappa shape index (κ2) is 9.66. The van der Waals surface area contributed by atoms with Gasteiger partial charge in [0, 0.05) is 34.0 Å². The molecule has 5 nitrogen and oxygen atoms in total. The normalized spacial score (nSPS) is 14.6. The second-order valence-electron chi connectivity index (χ2n) is 9.74. The Kier molecular flexibility index (Phi) is 6.38. The number of aromatic nitrogens is 2. The predicted octanol–water partition coefficient (Wildman–Crippen LogP) is 6.79. The average molecular weight is 490 g/mol. The Morgan fingerprint density at radius 1 is 0.757 bits per heavy atom. The number of carbonyl (C=O) groups excluding carboxylic acids is 2. The van der Waals surface area contributed by atoms with Crippen LogP contribution >= 0.6 is 0 Å². The number of rotatable bonds is 6. The topological polar surface area (TPSA) is 55.2 Å². The number of allylic oxidation sites excluding steroid dienone is 4. The standard InChI is InChI=1S/C32H31N3O2/c1-20-15-17-25(18-16-20)31-29(23(4)36)21(2)34(22(3)30(31)24(5)37)19-35-28-14-10-9-13-27(28)33-32(35)26-11-7-6-8-12-26/h6-18,31H,19H2,1-5H3. The summed E-state index contributed by atoms with van der Waals surface area (Å²) in [6.07, 6.45) is 0. The lowest BCUT2D eigenvalue weighted by Gasteiger charge is -2.38. The number of aryl methyl sites for hydroxylation is 1. The lowest BCUT2D eigenvalue weighted by atomic mass is 9.77. The quantitative estimate of drug-likeness (QED) is 0.299. The zero-order chi connectivity index (χ0) is 26.3. The molecule has 2 heterocycles. The van der Waals surface area contributed by atoms with Crippen LogP contribution in [0.5, 0.6) is 0 Å². The van der Waals surface area contributed by atoms with Crippen molar-refractivity contribution in [2.75, 3.05) is 0 Å². The van der Waals surface area contributed by atoms with Gasteiger partial charge in [0.05, 0.1) is 11.0 Å². The molecule has 186 valence electrons. The molecule has 0 spiro atoms. The summed E-state index contributed by atoms with van der Waals surface area (Å²) < 4.78 is 2.17. The van der Waals surface area contributed by atoms with Crippen molar-refractivity contribution in [3.63, 3.8) is 0 Å². The van der Waals surface area contributed by atoms with Crippen LogP contribution in [0.3, 0.4) is 0 Å². The highest BCUT2D eigenvalue weighted by Crippen LogP contribution is 2.43. The molecule has 0 N–H and O–H groups in total. The van der Waals surface area contributed by atoms with Crippen LogP contribution in [0, 0.1) is 6.92 Å². The van der Waals surface area contributed by atoms with Crippen molar-refractivity contribution >= 4 is 22.6 Å². The van der Waals surface area contributed by atoms with Gasteiger partial charge in [0.2, 0.25) is 0 Å². The molecule has 3 aromatic carbocycles. The maximum atomic E-state index is 13.1. The fraction of sp³-hybridized carbons (Fsp3) is 0.219. The van der Waals surface area contributed by atoms with Gasteiger partial charge in [-0.15, -0.1) is 0 Å². The third-order valence-electron chi connectivity index (χ3n) is 7.31. The van der Waals surface area contributed by atoms with E-state index in [0.29, 0.717) is 17.8 Å². The van der Waals surface area contributed by atoms with Gasteiger partial charge in [-0.1, -0.05) is 72.3 Å². The van der Waals surface area contributed by atoms with E-state index in [1.165, 1.54) is 0 Å². The number of ketones is 2. The van der Waals surface area contributed by atoms with Crippen molar-refractivity contribution in [1.29, 1.82) is 0 Å². The second-order valence-corrected chi connectivity index (χ2v) is 9.74. The van der Waals surface area contributed by atoms with Crippen molar-refractivity contribution in [1.82, 2.24) is 14.5 Å². The third kappa shape index (κ3) is 4.31. The Morgan fingerprint density at radius 3 is 1.92 bits per heavy atom. The molecule has 0 aliphatic carbocycles. The molecule has 0 radical (unpaired) electrons. The third-order valence-corrected chi connectivity index (χ3v) is 7.31. The Morgan fingerprint density at radius 2 is 1.32 bits per heavy atom. The molecule has 5 rings (SSSR count). The number of imidazole rings is 1. The molecule has 0 saturated heterocycles. The summed E-state index contributed by atoms with van der Waals surface area (Å²) in [5, 5.41) is 0. The average Bonchev–Trinajstić information content (AvgIpc) is 3.25. The van der Waals surface area contributed by atoms with Crippen LogP contribution in [0.25, 0.3) is 22.4 Å². The maximum Gasteiger partial charge on any atom is 0.158 e. The summed E-state index contributed by atoms with van der Waals surface area (Å²) in [6, 6.07) is 26.3. The first-order valence-corrected chi connectivity index (χ1v) is 12.6. The first-order valence-electron chi connectivity index (χ1n) is 12.6. The first kappa shape index (κ1) is 24.4. The molecule has 0 unspecified atom stereocenters. The molecular formula is C32H31N3O2. The van der Waals surface area contributed by atoms with Crippen LogP contribution in [0.2, 0.25) is 0 Å². The lowest BCUT2D eigenvalue weighted by molar-refractivity contribution is -0.114. The number of fused-ring (bicyclic) bond motifs is 1. The molecule has 1 aliphatic rings.